The number of nitrogens with one attached hydrogen (secondary N) is 1. The lowest BCUT2D eigenvalue weighted by atomic mass is 9.83. The molecule has 1 aromatic rings. The number of carbonyl (C=O) groups is 2. The summed E-state index contributed by atoms with van der Waals surface area (Å²) < 4.78 is 5.60. The number of aromatic amines is 1. The second-order valence-corrected chi connectivity index (χ2v) is 7.44. The molecular weight excluding hydrogens is 322 g/mol. The maximum atomic E-state index is 13.0. The highest BCUT2D eigenvalue weighted by molar-refractivity contribution is 5.88. The Hall–Kier alpha value is -2.18. The highest BCUT2D eigenvalue weighted by atomic mass is 16.6. The molecule has 3 heterocycles. The topological polar surface area (TPSA) is 92.4 Å². The van der Waals surface area contributed by atoms with Crippen LogP contribution in [0.25, 0.3) is 0 Å². The maximum Gasteiger partial charge on any atom is 0.307 e. The first-order chi connectivity index (χ1) is 12.1. The molecule has 2 saturated heterocycles. The molecule has 2 aliphatic heterocycles. The molecular formula is C18H23N3O4. The Kier molecular flexibility index (Phi) is 4.09. The minimum atomic E-state index is -0.542. The standard InChI is InChI=1S/C18H23N3O4/c22-15-10-14(19-11-20-15)12-3-7-21(8-4-12)17(24)13-9-16(23)25-18(13)5-1-2-6-18/h10-13H,1-9H2,(H,19,20,22)/t13-/m1/s1. The lowest BCUT2D eigenvalue weighted by Crippen LogP contribution is -2.47. The lowest BCUT2D eigenvalue weighted by molar-refractivity contribution is -0.152. The van der Waals surface area contributed by atoms with Gasteiger partial charge in [-0.05, 0) is 38.5 Å². The zero-order chi connectivity index (χ0) is 17.4. The Labute approximate surface area is 145 Å². The lowest BCUT2D eigenvalue weighted by Gasteiger charge is -2.36. The van der Waals surface area contributed by atoms with Crippen molar-refractivity contribution in [3.8, 4) is 0 Å². The number of esters is 1. The molecule has 7 heteroatoms. The summed E-state index contributed by atoms with van der Waals surface area (Å²) in [5.41, 5.74) is 0.107. The van der Waals surface area contributed by atoms with Gasteiger partial charge in [-0.25, -0.2) is 4.98 Å². The van der Waals surface area contributed by atoms with Crippen molar-refractivity contribution in [3.05, 3.63) is 28.4 Å². The number of likely N-dealkylation sites (tertiary alicyclic amines) is 1. The molecule has 0 aromatic carbocycles. The van der Waals surface area contributed by atoms with Crippen molar-refractivity contribution in [1.82, 2.24) is 14.9 Å². The number of rotatable bonds is 2. The normalized spacial score (nSPS) is 26.2. The van der Waals surface area contributed by atoms with Crippen LogP contribution in [-0.4, -0.2) is 45.4 Å². The SMILES string of the molecule is O=C1C[C@H](C(=O)N2CCC(c3cc(=O)[nH]cn3)CC2)C2(CCCC2)O1. The third kappa shape index (κ3) is 2.96. The largest absolute Gasteiger partial charge is 0.458 e. The van der Waals surface area contributed by atoms with Gasteiger partial charge in [-0.15, -0.1) is 0 Å². The summed E-state index contributed by atoms with van der Waals surface area (Å²) in [5, 5.41) is 0. The van der Waals surface area contributed by atoms with Crippen LogP contribution >= 0.6 is 0 Å². The van der Waals surface area contributed by atoms with Crippen LogP contribution in [0.4, 0.5) is 0 Å². The van der Waals surface area contributed by atoms with Crippen molar-refractivity contribution >= 4 is 11.9 Å². The molecule has 1 aliphatic carbocycles. The second-order valence-electron chi connectivity index (χ2n) is 7.44. The fourth-order valence-corrected chi connectivity index (χ4v) is 4.65. The van der Waals surface area contributed by atoms with Crippen molar-refractivity contribution in [1.29, 1.82) is 0 Å². The number of amides is 1. The van der Waals surface area contributed by atoms with Gasteiger partial charge in [0.05, 0.1) is 24.4 Å². The van der Waals surface area contributed by atoms with E-state index in [1.165, 1.54) is 6.33 Å². The van der Waals surface area contributed by atoms with E-state index in [2.05, 4.69) is 9.97 Å². The van der Waals surface area contributed by atoms with Gasteiger partial charge in [0.1, 0.15) is 5.60 Å². The van der Waals surface area contributed by atoms with Gasteiger partial charge < -0.3 is 14.6 Å². The van der Waals surface area contributed by atoms with E-state index in [0.29, 0.717) is 13.1 Å². The molecule has 0 bridgehead atoms. The number of carbonyl (C=O) groups excluding carboxylic acids is 2. The van der Waals surface area contributed by atoms with Crippen LogP contribution in [-0.2, 0) is 14.3 Å². The average Bonchev–Trinajstić information content (AvgIpc) is 3.21. The molecule has 3 aliphatic rings. The highest BCUT2D eigenvalue weighted by Gasteiger charge is 2.54. The Morgan fingerprint density at radius 3 is 2.64 bits per heavy atom. The molecule has 134 valence electrons. The van der Waals surface area contributed by atoms with Crippen LogP contribution in [0.1, 0.15) is 56.6 Å². The summed E-state index contributed by atoms with van der Waals surface area (Å²) >= 11 is 0. The van der Waals surface area contributed by atoms with Crippen molar-refractivity contribution in [2.24, 2.45) is 5.92 Å². The molecule has 1 atom stereocenters. The van der Waals surface area contributed by atoms with E-state index in [9.17, 15) is 14.4 Å². The zero-order valence-electron chi connectivity index (χ0n) is 14.2. The molecule has 1 saturated carbocycles. The number of hydrogen-bond donors (Lipinski definition) is 1. The van der Waals surface area contributed by atoms with E-state index in [4.69, 9.17) is 4.74 Å². The van der Waals surface area contributed by atoms with E-state index >= 15 is 0 Å². The fraction of sp³-hybridized carbons (Fsp3) is 0.667. The van der Waals surface area contributed by atoms with Crippen LogP contribution in [0.3, 0.4) is 0 Å². The summed E-state index contributed by atoms with van der Waals surface area (Å²) in [6, 6.07) is 1.54. The van der Waals surface area contributed by atoms with E-state index in [0.717, 1.165) is 44.2 Å². The van der Waals surface area contributed by atoms with Crippen LogP contribution in [0.2, 0.25) is 0 Å². The number of nitrogens with zero attached hydrogens (tertiary/aromatic N) is 2. The van der Waals surface area contributed by atoms with Crippen molar-refractivity contribution in [3.63, 3.8) is 0 Å². The van der Waals surface area contributed by atoms with E-state index in [1.807, 2.05) is 4.90 Å². The van der Waals surface area contributed by atoms with Gasteiger partial charge in [0.15, 0.2) is 0 Å². The first-order valence-corrected chi connectivity index (χ1v) is 9.13. The summed E-state index contributed by atoms with van der Waals surface area (Å²) in [5.74, 6) is -0.294. The summed E-state index contributed by atoms with van der Waals surface area (Å²) in [4.78, 5) is 45.0. The van der Waals surface area contributed by atoms with Crippen LogP contribution in [0, 0.1) is 5.92 Å². The highest BCUT2D eigenvalue weighted by Crippen LogP contribution is 2.46. The molecule has 4 rings (SSSR count). The quantitative estimate of drug-likeness (QED) is 0.817. The Bertz CT molecular complexity index is 730. The third-order valence-corrected chi connectivity index (χ3v) is 6.00. The Morgan fingerprint density at radius 2 is 1.96 bits per heavy atom. The second kappa shape index (κ2) is 6.28. The van der Waals surface area contributed by atoms with E-state index in [1.54, 1.807) is 6.07 Å². The van der Waals surface area contributed by atoms with Crippen molar-refractivity contribution in [2.45, 2.75) is 56.5 Å². The first kappa shape index (κ1) is 16.3. The number of H-pyrrole nitrogens is 1. The van der Waals surface area contributed by atoms with Gasteiger partial charge in [0, 0.05) is 25.1 Å². The zero-order valence-corrected chi connectivity index (χ0v) is 14.2. The van der Waals surface area contributed by atoms with Gasteiger partial charge >= 0.3 is 5.97 Å². The summed E-state index contributed by atoms with van der Waals surface area (Å²) in [6.45, 7) is 1.28. The molecule has 25 heavy (non-hydrogen) atoms. The van der Waals surface area contributed by atoms with Gasteiger partial charge in [0.25, 0.3) is 5.56 Å². The third-order valence-electron chi connectivity index (χ3n) is 6.00. The predicted molar refractivity (Wildman–Crippen MR) is 88.8 cm³/mol. The Morgan fingerprint density at radius 1 is 1.24 bits per heavy atom. The van der Waals surface area contributed by atoms with Crippen molar-refractivity contribution < 1.29 is 14.3 Å². The number of hydrogen-bond acceptors (Lipinski definition) is 5. The number of ether oxygens (including phenoxy) is 1. The monoisotopic (exact) mass is 345 g/mol. The molecule has 1 N–H and O–H groups in total. The molecule has 1 aromatic heterocycles. The minimum absolute atomic E-state index is 0.0602. The average molecular weight is 345 g/mol. The molecule has 0 radical (unpaired) electrons. The number of piperidine rings is 1. The molecule has 3 fully saturated rings. The Balaban J connectivity index is 1.43. The van der Waals surface area contributed by atoms with E-state index < -0.39 is 5.60 Å². The molecule has 1 spiro atoms. The maximum absolute atomic E-state index is 13.0. The van der Waals surface area contributed by atoms with Gasteiger partial charge in [-0.3, -0.25) is 14.4 Å². The summed E-state index contributed by atoms with van der Waals surface area (Å²) in [7, 11) is 0. The fourth-order valence-electron chi connectivity index (χ4n) is 4.65. The molecule has 7 nitrogen and oxygen atoms in total. The molecule has 1 amide bonds. The van der Waals surface area contributed by atoms with Crippen LogP contribution < -0.4 is 5.56 Å². The van der Waals surface area contributed by atoms with Gasteiger partial charge in [-0.2, -0.15) is 0 Å². The van der Waals surface area contributed by atoms with Crippen LogP contribution in [0.15, 0.2) is 17.2 Å². The van der Waals surface area contributed by atoms with Crippen molar-refractivity contribution in [2.75, 3.05) is 13.1 Å². The molecule has 0 unspecified atom stereocenters. The first-order valence-electron chi connectivity index (χ1n) is 9.13. The number of aromatic nitrogens is 2. The van der Waals surface area contributed by atoms with Crippen LogP contribution in [0.5, 0.6) is 0 Å². The van der Waals surface area contributed by atoms with Gasteiger partial charge in [-0.1, -0.05) is 0 Å². The predicted octanol–water partition coefficient (Wildman–Crippen LogP) is 1.35. The van der Waals surface area contributed by atoms with E-state index in [-0.39, 0.29) is 35.7 Å². The summed E-state index contributed by atoms with van der Waals surface area (Å²) in [6.07, 6.45) is 6.88. The smallest absolute Gasteiger partial charge is 0.307 e. The minimum Gasteiger partial charge on any atom is -0.458 e. The van der Waals surface area contributed by atoms with Gasteiger partial charge in [0.2, 0.25) is 5.91 Å².